The van der Waals surface area contributed by atoms with Crippen molar-refractivity contribution in [3.8, 4) is 0 Å². The SMILES string of the molecule is CCc1c(Cl)c2cc(F)cc(F)c2n1NC(=O)[O-]. The van der Waals surface area contributed by atoms with Crippen LogP contribution in [0, 0.1) is 11.6 Å². The number of carbonyl (C=O) groups is 1. The van der Waals surface area contributed by atoms with Crippen molar-refractivity contribution in [2.45, 2.75) is 13.3 Å². The second-order valence-electron chi connectivity index (χ2n) is 3.63. The van der Waals surface area contributed by atoms with E-state index >= 15 is 0 Å². The Kier molecular flexibility index (Phi) is 3.13. The van der Waals surface area contributed by atoms with Gasteiger partial charge in [0.2, 0.25) is 0 Å². The number of amides is 1. The molecule has 4 nitrogen and oxygen atoms in total. The normalized spacial score (nSPS) is 10.9. The Morgan fingerprint density at radius 2 is 2.17 bits per heavy atom. The summed E-state index contributed by atoms with van der Waals surface area (Å²) in [5.41, 5.74) is 2.13. The number of nitrogens with one attached hydrogen (secondary N) is 1. The molecule has 0 saturated carbocycles. The minimum atomic E-state index is -1.61. The molecule has 1 N–H and O–H groups in total. The van der Waals surface area contributed by atoms with Crippen molar-refractivity contribution >= 4 is 28.6 Å². The quantitative estimate of drug-likeness (QED) is 0.910. The van der Waals surface area contributed by atoms with E-state index in [9.17, 15) is 18.7 Å². The zero-order chi connectivity index (χ0) is 13.4. The van der Waals surface area contributed by atoms with Gasteiger partial charge in [0.1, 0.15) is 11.3 Å². The zero-order valence-corrected chi connectivity index (χ0v) is 10.0. The highest BCUT2D eigenvalue weighted by molar-refractivity contribution is 6.36. The third-order valence-electron chi connectivity index (χ3n) is 2.55. The summed E-state index contributed by atoms with van der Waals surface area (Å²) in [7, 11) is 0. The zero-order valence-electron chi connectivity index (χ0n) is 9.26. The second kappa shape index (κ2) is 4.45. The predicted octanol–water partition coefficient (Wildman–Crippen LogP) is 2.02. The summed E-state index contributed by atoms with van der Waals surface area (Å²) in [5.74, 6) is -1.68. The van der Waals surface area contributed by atoms with Crippen LogP contribution in [0.4, 0.5) is 13.6 Å². The lowest BCUT2D eigenvalue weighted by Crippen LogP contribution is -2.35. The summed E-state index contributed by atoms with van der Waals surface area (Å²) in [6.45, 7) is 1.71. The van der Waals surface area contributed by atoms with Gasteiger partial charge in [0.05, 0.1) is 10.7 Å². The molecule has 7 heteroatoms. The van der Waals surface area contributed by atoms with Gasteiger partial charge in [-0.1, -0.05) is 18.5 Å². The highest BCUT2D eigenvalue weighted by Gasteiger charge is 2.19. The van der Waals surface area contributed by atoms with E-state index in [-0.39, 0.29) is 15.9 Å². The Morgan fingerprint density at radius 1 is 1.50 bits per heavy atom. The smallest absolute Gasteiger partial charge is 0.154 e. The molecule has 1 aromatic carbocycles. The fourth-order valence-corrected chi connectivity index (χ4v) is 2.24. The molecule has 0 spiro atoms. The number of hydrogen-bond acceptors (Lipinski definition) is 2. The van der Waals surface area contributed by atoms with Gasteiger partial charge >= 0.3 is 0 Å². The number of hydrogen-bond donors (Lipinski definition) is 1. The number of carboxylic acid groups (broad SMARTS) is 1. The van der Waals surface area contributed by atoms with Crippen LogP contribution < -0.4 is 10.5 Å². The van der Waals surface area contributed by atoms with Crippen molar-refractivity contribution in [2.24, 2.45) is 0 Å². The van der Waals surface area contributed by atoms with E-state index in [4.69, 9.17) is 11.6 Å². The van der Waals surface area contributed by atoms with Crippen LogP contribution in [0.1, 0.15) is 12.6 Å². The molecule has 0 aliphatic carbocycles. The average molecular weight is 274 g/mol. The van der Waals surface area contributed by atoms with Crippen LogP contribution in [0.15, 0.2) is 12.1 Å². The molecule has 1 heterocycles. The number of carbonyl (C=O) groups excluding carboxylic acids is 1. The highest BCUT2D eigenvalue weighted by atomic mass is 35.5. The third-order valence-corrected chi connectivity index (χ3v) is 2.97. The number of rotatable bonds is 2. The van der Waals surface area contributed by atoms with Gasteiger partial charge < -0.3 is 9.90 Å². The first kappa shape index (κ1) is 12.6. The first-order chi connectivity index (χ1) is 8.45. The molecule has 0 aliphatic heterocycles. The summed E-state index contributed by atoms with van der Waals surface area (Å²) in [4.78, 5) is 10.6. The van der Waals surface area contributed by atoms with E-state index < -0.39 is 17.7 Å². The lowest BCUT2D eigenvalue weighted by atomic mass is 10.2. The standard InChI is InChI=1S/C11H9ClF2N2O2/c1-2-8-9(12)6-3-5(13)4-7(14)10(6)16(8)15-11(17)18/h3-4,15H,2H2,1H3,(H,17,18)/p-1. The predicted molar refractivity (Wildman–Crippen MR) is 61.0 cm³/mol. The van der Waals surface area contributed by atoms with Crippen LogP contribution in [-0.2, 0) is 6.42 Å². The molecule has 2 aromatic rings. The number of aromatic nitrogens is 1. The Balaban J connectivity index is 2.85. The van der Waals surface area contributed by atoms with Gasteiger partial charge in [-0.2, -0.15) is 0 Å². The monoisotopic (exact) mass is 273 g/mol. The largest absolute Gasteiger partial charge is 0.529 e. The molecule has 18 heavy (non-hydrogen) atoms. The molecule has 2 rings (SSSR count). The van der Waals surface area contributed by atoms with E-state index in [0.29, 0.717) is 18.2 Å². The molecule has 0 atom stereocenters. The molecule has 0 fully saturated rings. The van der Waals surface area contributed by atoms with Crippen LogP contribution in [0.2, 0.25) is 5.02 Å². The summed E-state index contributed by atoms with van der Waals surface area (Å²) in [5, 5.41) is 10.8. The molecule has 0 radical (unpaired) electrons. The fraction of sp³-hybridized carbons (Fsp3) is 0.182. The third kappa shape index (κ3) is 1.88. The van der Waals surface area contributed by atoms with E-state index in [1.165, 1.54) is 0 Å². The molecule has 1 amide bonds. The molecule has 0 bridgehead atoms. The first-order valence-corrected chi connectivity index (χ1v) is 5.49. The molecule has 96 valence electrons. The van der Waals surface area contributed by atoms with Gasteiger partial charge in [-0.25, -0.2) is 8.78 Å². The summed E-state index contributed by atoms with van der Waals surface area (Å²) in [6, 6.07) is 1.71. The van der Waals surface area contributed by atoms with Crippen molar-refractivity contribution in [2.75, 3.05) is 5.43 Å². The molecular formula is C11H8ClF2N2O2-. The molecule has 0 unspecified atom stereocenters. The van der Waals surface area contributed by atoms with Gasteiger partial charge in [0.15, 0.2) is 11.9 Å². The molecule has 1 aromatic heterocycles. The highest BCUT2D eigenvalue weighted by Crippen LogP contribution is 2.32. The van der Waals surface area contributed by atoms with Gasteiger partial charge in [0.25, 0.3) is 0 Å². The van der Waals surface area contributed by atoms with Crippen molar-refractivity contribution < 1.29 is 18.7 Å². The maximum atomic E-state index is 13.7. The Bertz CT molecular complexity index is 640. The van der Waals surface area contributed by atoms with Crippen LogP contribution >= 0.6 is 11.6 Å². The van der Waals surface area contributed by atoms with Gasteiger partial charge in [-0.15, -0.1) is 0 Å². The van der Waals surface area contributed by atoms with Crippen LogP contribution in [0.25, 0.3) is 10.9 Å². The summed E-state index contributed by atoms with van der Waals surface area (Å²) >= 11 is 5.98. The van der Waals surface area contributed by atoms with E-state index in [1.807, 2.05) is 5.43 Å². The van der Waals surface area contributed by atoms with Crippen LogP contribution in [0.5, 0.6) is 0 Å². The van der Waals surface area contributed by atoms with E-state index in [1.54, 1.807) is 6.92 Å². The Labute approximate surface area is 106 Å². The van der Waals surface area contributed by atoms with Crippen molar-refractivity contribution in [3.63, 3.8) is 0 Å². The minimum absolute atomic E-state index is 0.111. The number of nitrogens with zero attached hydrogens (tertiary/aromatic N) is 1. The Hall–Kier alpha value is -1.82. The maximum absolute atomic E-state index is 13.7. The number of fused-ring (bicyclic) bond motifs is 1. The molecule has 0 aliphatic rings. The average Bonchev–Trinajstić information content (AvgIpc) is 2.51. The van der Waals surface area contributed by atoms with Crippen LogP contribution in [0.3, 0.4) is 0 Å². The Morgan fingerprint density at radius 3 is 2.72 bits per heavy atom. The van der Waals surface area contributed by atoms with Gasteiger partial charge in [0, 0.05) is 11.5 Å². The van der Waals surface area contributed by atoms with E-state index in [2.05, 4.69) is 0 Å². The topological polar surface area (TPSA) is 57.1 Å². The second-order valence-corrected chi connectivity index (χ2v) is 4.01. The lowest BCUT2D eigenvalue weighted by Gasteiger charge is -2.13. The maximum Gasteiger partial charge on any atom is 0.154 e. The van der Waals surface area contributed by atoms with Gasteiger partial charge in [-0.05, 0) is 12.5 Å². The number of halogens is 3. The minimum Gasteiger partial charge on any atom is -0.529 e. The van der Waals surface area contributed by atoms with E-state index in [0.717, 1.165) is 10.7 Å². The molecule has 0 saturated heterocycles. The van der Waals surface area contributed by atoms with Crippen LogP contribution in [-0.4, -0.2) is 10.8 Å². The number of benzene rings is 1. The molecular weight excluding hydrogens is 266 g/mol. The van der Waals surface area contributed by atoms with Crippen molar-refractivity contribution in [1.82, 2.24) is 4.68 Å². The van der Waals surface area contributed by atoms with Gasteiger partial charge in [-0.3, -0.25) is 10.1 Å². The fourth-order valence-electron chi connectivity index (χ4n) is 1.88. The summed E-state index contributed by atoms with van der Waals surface area (Å²) in [6.07, 6.45) is -1.27. The van der Waals surface area contributed by atoms with Crippen molar-refractivity contribution in [3.05, 3.63) is 34.5 Å². The first-order valence-electron chi connectivity index (χ1n) is 5.11. The summed E-state index contributed by atoms with van der Waals surface area (Å²) < 4.78 is 27.8. The van der Waals surface area contributed by atoms with Crippen molar-refractivity contribution in [1.29, 1.82) is 0 Å². The lowest BCUT2D eigenvalue weighted by molar-refractivity contribution is -0.243.